The Morgan fingerprint density at radius 2 is 2.15 bits per heavy atom. The quantitative estimate of drug-likeness (QED) is 0.695. The van der Waals surface area contributed by atoms with Gasteiger partial charge in [0, 0.05) is 0 Å². The van der Waals surface area contributed by atoms with E-state index < -0.39 is 11.6 Å². The van der Waals surface area contributed by atoms with Crippen molar-refractivity contribution in [1.29, 1.82) is 0 Å². The average molecular weight is 187 g/mol. The highest BCUT2D eigenvalue weighted by Crippen LogP contribution is 2.24. The van der Waals surface area contributed by atoms with Crippen LogP contribution in [0.2, 0.25) is 0 Å². The van der Waals surface area contributed by atoms with E-state index in [-0.39, 0.29) is 11.4 Å². The minimum absolute atomic E-state index is 0.0423. The van der Waals surface area contributed by atoms with Crippen molar-refractivity contribution in [3.05, 3.63) is 11.4 Å². The maximum Gasteiger partial charge on any atom is 0.360 e. The number of aromatic amines is 1. The third kappa shape index (κ3) is 1.82. The number of ether oxygens (including phenoxy) is 1. The van der Waals surface area contributed by atoms with Crippen LogP contribution < -0.4 is 0 Å². The van der Waals surface area contributed by atoms with E-state index in [0.29, 0.717) is 0 Å². The first kappa shape index (κ1) is 9.63. The van der Waals surface area contributed by atoms with E-state index in [1.807, 2.05) is 0 Å². The molecule has 0 aromatic carbocycles. The zero-order valence-electron chi connectivity index (χ0n) is 7.59. The van der Waals surface area contributed by atoms with E-state index >= 15 is 0 Å². The van der Waals surface area contributed by atoms with E-state index in [0.717, 1.165) is 0 Å². The highest BCUT2D eigenvalue weighted by Gasteiger charge is 2.30. The summed E-state index contributed by atoms with van der Waals surface area (Å²) in [5, 5.41) is 9.23. The lowest BCUT2D eigenvalue weighted by Crippen LogP contribution is -2.16. The van der Waals surface area contributed by atoms with Gasteiger partial charge in [-0.25, -0.2) is 9.18 Å². The maximum absolute atomic E-state index is 13.4. The van der Waals surface area contributed by atoms with Gasteiger partial charge >= 0.3 is 5.97 Å². The lowest BCUT2D eigenvalue weighted by atomic mass is 10.1. The lowest BCUT2D eigenvalue weighted by Gasteiger charge is -2.10. The second kappa shape index (κ2) is 3.12. The molecule has 0 bridgehead atoms. The molecular formula is C7H10FN3O2. The van der Waals surface area contributed by atoms with Gasteiger partial charge < -0.3 is 4.74 Å². The molecular weight excluding hydrogens is 177 g/mol. The molecule has 6 heteroatoms. The lowest BCUT2D eigenvalue weighted by molar-refractivity contribution is 0.0586. The molecule has 1 heterocycles. The summed E-state index contributed by atoms with van der Waals surface area (Å²) in [6.45, 7) is 2.58. The summed E-state index contributed by atoms with van der Waals surface area (Å²) in [5.74, 6) is -0.700. The first-order valence-corrected chi connectivity index (χ1v) is 3.65. The third-order valence-corrected chi connectivity index (χ3v) is 1.49. The number of methoxy groups -OCH3 is 1. The number of carbonyl (C=O) groups is 1. The molecule has 0 atom stereocenters. The van der Waals surface area contributed by atoms with Gasteiger partial charge in [-0.2, -0.15) is 10.3 Å². The highest BCUT2D eigenvalue weighted by molar-refractivity contribution is 5.88. The molecule has 0 fully saturated rings. The molecule has 1 rings (SSSR count). The van der Waals surface area contributed by atoms with Gasteiger partial charge in [-0.1, -0.05) is 0 Å². The summed E-state index contributed by atoms with van der Waals surface area (Å²) in [5.41, 5.74) is -1.87. The maximum atomic E-state index is 13.4. The summed E-state index contributed by atoms with van der Waals surface area (Å²) in [7, 11) is 1.20. The van der Waals surface area contributed by atoms with E-state index in [4.69, 9.17) is 0 Å². The number of hydrogen-bond donors (Lipinski definition) is 1. The predicted molar refractivity (Wildman–Crippen MR) is 41.9 cm³/mol. The van der Waals surface area contributed by atoms with Crippen LogP contribution in [-0.2, 0) is 10.4 Å². The highest BCUT2D eigenvalue weighted by atomic mass is 19.1. The van der Waals surface area contributed by atoms with Crippen LogP contribution in [0.15, 0.2) is 0 Å². The number of halogens is 1. The Kier molecular flexibility index (Phi) is 2.31. The van der Waals surface area contributed by atoms with Crippen LogP contribution in [0, 0.1) is 0 Å². The summed E-state index contributed by atoms with van der Waals surface area (Å²) in [6.07, 6.45) is 0. The summed E-state index contributed by atoms with van der Waals surface area (Å²) < 4.78 is 17.8. The van der Waals surface area contributed by atoms with Crippen molar-refractivity contribution in [2.75, 3.05) is 7.11 Å². The standard InChI is InChI=1S/C7H10FN3O2/c1-7(2,8)5-4(6(12)13-3)9-11-10-5/h1-3H3,(H,9,10,11). The second-order valence-electron chi connectivity index (χ2n) is 2.98. The van der Waals surface area contributed by atoms with Crippen molar-refractivity contribution in [3.63, 3.8) is 0 Å². The number of carbonyl (C=O) groups excluding carboxylic acids is 1. The van der Waals surface area contributed by atoms with Gasteiger partial charge in [0.15, 0.2) is 11.4 Å². The van der Waals surface area contributed by atoms with E-state index in [1.54, 1.807) is 0 Å². The molecule has 72 valence electrons. The van der Waals surface area contributed by atoms with Crippen LogP contribution in [0.3, 0.4) is 0 Å². The molecule has 1 N–H and O–H groups in total. The van der Waals surface area contributed by atoms with Crippen molar-refractivity contribution in [2.24, 2.45) is 0 Å². The Balaban J connectivity index is 3.10. The van der Waals surface area contributed by atoms with Gasteiger partial charge in [0.05, 0.1) is 7.11 Å². The van der Waals surface area contributed by atoms with Crippen molar-refractivity contribution < 1.29 is 13.9 Å². The first-order chi connectivity index (χ1) is 5.96. The molecule has 0 unspecified atom stereocenters. The van der Waals surface area contributed by atoms with Gasteiger partial charge in [0.1, 0.15) is 5.69 Å². The number of hydrogen-bond acceptors (Lipinski definition) is 4. The molecule has 0 saturated heterocycles. The molecule has 5 nitrogen and oxygen atoms in total. The number of H-pyrrole nitrogens is 1. The minimum Gasteiger partial charge on any atom is -0.464 e. The number of nitrogens with zero attached hydrogens (tertiary/aromatic N) is 2. The van der Waals surface area contributed by atoms with E-state index in [2.05, 4.69) is 20.1 Å². The largest absolute Gasteiger partial charge is 0.464 e. The molecule has 0 radical (unpaired) electrons. The van der Waals surface area contributed by atoms with Crippen molar-refractivity contribution in [3.8, 4) is 0 Å². The predicted octanol–water partition coefficient (Wildman–Crippen LogP) is 0.796. The van der Waals surface area contributed by atoms with Crippen LogP contribution in [0.25, 0.3) is 0 Å². The fourth-order valence-corrected chi connectivity index (χ4v) is 0.884. The molecule has 1 aromatic heterocycles. The van der Waals surface area contributed by atoms with Crippen molar-refractivity contribution in [1.82, 2.24) is 15.4 Å². The number of nitrogens with one attached hydrogen (secondary N) is 1. The fourth-order valence-electron chi connectivity index (χ4n) is 0.884. The number of alkyl halides is 1. The van der Waals surface area contributed by atoms with E-state index in [9.17, 15) is 9.18 Å². The number of aromatic nitrogens is 3. The third-order valence-electron chi connectivity index (χ3n) is 1.49. The van der Waals surface area contributed by atoms with Gasteiger partial charge in [-0.3, -0.25) is 0 Å². The Hall–Kier alpha value is -1.46. The molecule has 13 heavy (non-hydrogen) atoms. The Morgan fingerprint density at radius 1 is 1.54 bits per heavy atom. The Bertz CT molecular complexity index is 316. The van der Waals surface area contributed by atoms with Crippen molar-refractivity contribution in [2.45, 2.75) is 19.5 Å². The SMILES string of the molecule is COC(=O)c1n[nH]nc1C(C)(C)F. The Labute approximate surface area is 74.3 Å². The normalized spacial score (nSPS) is 11.4. The molecule has 1 aromatic rings. The van der Waals surface area contributed by atoms with Crippen molar-refractivity contribution >= 4 is 5.97 Å². The fraction of sp³-hybridized carbons (Fsp3) is 0.571. The van der Waals surface area contributed by atoms with Crippen LogP contribution in [0.1, 0.15) is 30.0 Å². The monoisotopic (exact) mass is 187 g/mol. The summed E-state index contributed by atoms with van der Waals surface area (Å²) >= 11 is 0. The zero-order chi connectivity index (χ0) is 10.1. The van der Waals surface area contributed by atoms with E-state index in [1.165, 1.54) is 21.0 Å². The minimum atomic E-state index is -1.71. The molecule has 0 aliphatic heterocycles. The zero-order valence-corrected chi connectivity index (χ0v) is 7.59. The molecule has 0 saturated carbocycles. The molecule has 0 aliphatic carbocycles. The van der Waals surface area contributed by atoms with Gasteiger partial charge in [0.2, 0.25) is 0 Å². The second-order valence-corrected chi connectivity index (χ2v) is 2.98. The molecule has 0 spiro atoms. The molecule has 0 aliphatic rings. The first-order valence-electron chi connectivity index (χ1n) is 3.65. The van der Waals surface area contributed by atoms with Gasteiger partial charge in [0.25, 0.3) is 0 Å². The molecule has 0 amide bonds. The average Bonchev–Trinajstić information content (AvgIpc) is 2.49. The topological polar surface area (TPSA) is 67.9 Å². The summed E-state index contributed by atoms with van der Waals surface area (Å²) in [4.78, 5) is 11.0. The van der Waals surface area contributed by atoms with Crippen LogP contribution in [-0.4, -0.2) is 28.5 Å². The van der Waals surface area contributed by atoms with Crippen LogP contribution >= 0.6 is 0 Å². The summed E-state index contributed by atoms with van der Waals surface area (Å²) in [6, 6.07) is 0. The number of esters is 1. The van der Waals surface area contributed by atoms with Crippen LogP contribution in [0.4, 0.5) is 4.39 Å². The van der Waals surface area contributed by atoms with Gasteiger partial charge in [-0.05, 0) is 13.8 Å². The number of rotatable bonds is 2. The Morgan fingerprint density at radius 3 is 2.62 bits per heavy atom. The van der Waals surface area contributed by atoms with Crippen LogP contribution in [0.5, 0.6) is 0 Å². The van der Waals surface area contributed by atoms with Gasteiger partial charge in [-0.15, -0.1) is 5.10 Å². The smallest absolute Gasteiger partial charge is 0.360 e.